The summed E-state index contributed by atoms with van der Waals surface area (Å²) in [5.74, 6) is 1.52. The molecule has 1 nitrogen and oxygen atoms in total. The molecule has 126 valence electrons. The molecule has 0 aromatic heterocycles. The van der Waals surface area contributed by atoms with E-state index in [4.69, 9.17) is 4.74 Å². The van der Waals surface area contributed by atoms with Gasteiger partial charge in [0, 0.05) is 14.7 Å². The van der Waals surface area contributed by atoms with Gasteiger partial charge in [0.2, 0.25) is 0 Å². The second-order valence-electron chi connectivity index (χ2n) is 7.92. The first-order valence-electron chi connectivity index (χ1n) is 9.02. The molecule has 1 unspecified atom stereocenters. The Balaban J connectivity index is 2.42. The van der Waals surface area contributed by atoms with Crippen molar-refractivity contribution in [3.8, 4) is 0 Å². The van der Waals surface area contributed by atoms with Gasteiger partial charge in [-0.15, -0.1) is 0 Å². The van der Waals surface area contributed by atoms with Gasteiger partial charge in [-0.1, -0.05) is 77.5 Å². The molecule has 0 bridgehead atoms. The van der Waals surface area contributed by atoms with E-state index < -0.39 is 8.07 Å². The molecule has 0 aliphatic heterocycles. The highest BCUT2D eigenvalue weighted by atomic mass is 28.3. The Hall–Kier alpha value is -0.603. The Morgan fingerprint density at radius 2 is 1.59 bits per heavy atom. The number of hydrogen-bond donors (Lipinski definition) is 0. The van der Waals surface area contributed by atoms with Crippen LogP contribution in [0.1, 0.15) is 57.1 Å². The lowest BCUT2D eigenvalue weighted by atomic mass is 9.87. The predicted octanol–water partition coefficient (Wildman–Crippen LogP) is 6.47. The zero-order chi connectivity index (χ0) is 16.6. The third-order valence-electron chi connectivity index (χ3n) is 4.66. The van der Waals surface area contributed by atoms with E-state index in [1.165, 1.54) is 36.4 Å². The fraction of sp³-hybridized carbons (Fsp3) is 0.700. The monoisotopic (exact) mass is 320 g/mol. The fourth-order valence-corrected chi connectivity index (χ4v) is 3.53. The van der Waals surface area contributed by atoms with Gasteiger partial charge in [-0.25, -0.2) is 0 Å². The largest absolute Gasteiger partial charge is 0.377 e. The molecule has 0 saturated carbocycles. The molecule has 0 amide bonds. The lowest BCUT2D eigenvalue weighted by molar-refractivity contribution is 0.133. The Bertz CT molecular complexity index is 401. The van der Waals surface area contributed by atoms with E-state index in [1.54, 1.807) is 0 Å². The Labute approximate surface area is 139 Å². The van der Waals surface area contributed by atoms with E-state index in [9.17, 15) is 0 Å². The number of hydrogen-bond acceptors (Lipinski definition) is 1. The molecule has 0 saturated heterocycles. The van der Waals surface area contributed by atoms with Crippen molar-refractivity contribution in [1.29, 1.82) is 0 Å². The molecule has 0 aliphatic rings. The van der Waals surface area contributed by atoms with Crippen LogP contribution in [-0.2, 0) is 11.3 Å². The number of ether oxygens (including phenoxy) is 1. The molecule has 22 heavy (non-hydrogen) atoms. The molecule has 0 heterocycles. The third-order valence-corrected chi connectivity index (χ3v) is 6.36. The van der Waals surface area contributed by atoms with Gasteiger partial charge in [-0.05, 0) is 35.4 Å². The van der Waals surface area contributed by atoms with Crippen LogP contribution in [-0.4, -0.2) is 14.7 Å². The Morgan fingerprint density at radius 1 is 1.00 bits per heavy atom. The van der Waals surface area contributed by atoms with Crippen LogP contribution in [0.15, 0.2) is 24.3 Å². The van der Waals surface area contributed by atoms with Crippen molar-refractivity contribution in [3.63, 3.8) is 0 Å². The van der Waals surface area contributed by atoms with Crippen LogP contribution in [0, 0.1) is 5.92 Å². The molecule has 1 aromatic rings. The minimum atomic E-state index is -0.967. The Morgan fingerprint density at radius 3 is 2.09 bits per heavy atom. The fourth-order valence-electron chi connectivity index (χ4n) is 2.77. The quantitative estimate of drug-likeness (QED) is 0.354. The molecule has 1 rings (SSSR count). The summed E-state index contributed by atoms with van der Waals surface area (Å²) < 4.78 is 5.83. The van der Waals surface area contributed by atoms with Crippen LogP contribution in [0.4, 0.5) is 0 Å². The minimum absolute atomic E-state index is 0.659. The summed E-state index contributed by atoms with van der Waals surface area (Å²) in [5.41, 5.74) is 2.77. The first-order chi connectivity index (χ1) is 10.4. The van der Waals surface area contributed by atoms with Gasteiger partial charge in [0.25, 0.3) is 0 Å². The normalized spacial score (nSPS) is 13.6. The molecule has 0 aliphatic carbocycles. The zero-order valence-corrected chi connectivity index (χ0v) is 16.6. The highest BCUT2D eigenvalue weighted by Crippen LogP contribution is 2.27. The molecule has 2 heteroatoms. The van der Waals surface area contributed by atoms with E-state index >= 15 is 0 Å². The molecular formula is C20H36OSi. The van der Waals surface area contributed by atoms with Crippen LogP contribution in [0.5, 0.6) is 0 Å². The van der Waals surface area contributed by atoms with Gasteiger partial charge < -0.3 is 4.74 Å². The third kappa shape index (κ3) is 7.60. The summed E-state index contributed by atoms with van der Waals surface area (Å²) in [4.78, 5) is 0. The summed E-state index contributed by atoms with van der Waals surface area (Å²) in [5, 5.41) is 0. The summed E-state index contributed by atoms with van der Waals surface area (Å²) in [6.45, 7) is 15.8. The Kier molecular flexibility index (Phi) is 8.41. The van der Waals surface area contributed by atoms with Crippen LogP contribution in [0.25, 0.3) is 0 Å². The summed E-state index contributed by atoms with van der Waals surface area (Å²) in [7, 11) is -0.967. The zero-order valence-electron chi connectivity index (χ0n) is 15.6. The first-order valence-corrected chi connectivity index (χ1v) is 12.7. The van der Waals surface area contributed by atoms with Gasteiger partial charge in [-0.3, -0.25) is 0 Å². The topological polar surface area (TPSA) is 9.23 Å². The second-order valence-corrected chi connectivity index (χ2v) is 13.5. The maximum atomic E-state index is 5.83. The molecule has 1 atom stereocenters. The van der Waals surface area contributed by atoms with Crippen molar-refractivity contribution in [2.75, 3.05) is 6.61 Å². The average molecular weight is 321 g/mol. The molecule has 0 N–H and O–H groups in total. The highest BCUT2D eigenvalue weighted by Gasteiger charge is 2.13. The number of benzene rings is 1. The van der Waals surface area contributed by atoms with E-state index in [1.807, 2.05) is 0 Å². The average Bonchev–Trinajstić information content (AvgIpc) is 2.48. The maximum absolute atomic E-state index is 5.83. The van der Waals surface area contributed by atoms with Crippen molar-refractivity contribution in [2.24, 2.45) is 5.92 Å². The molecular weight excluding hydrogens is 284 g/mol. The lowest BCUT2D eigenvalue weighted by Crippen LogP contribution is -2.21. The SMILES string of the molecule is CCC(CC)CC(C)c1ccc(COCC[Si](C)(C)C)cc1. The second kappa shape index (κ2) is 9.52. The predicted molar refractivity (Wildman–Crippen MR) is 101 cm³/mol. The molecule has 0 spiro atoms. The van der Waals surface area contributed by atoms with Crippen molar-refractivity contribution < 1.29 is 4.74 Å². The van der Waals surface area contributed by atoms with Gasteiger partial charge in [-0.2, -0.15) is 0 Å². The summed E-state index contributed by atoms with van der Waals surface area (Å²) in [6, 6.07) is 10.3. The smallest absolute Gasteiger partial charge is 0.0716 e. The van der Waals surface area contributed by atoms with Crippen molar-refractivity contribution in [1.82, 2.24) is 0 Å². The maximum Gasteiger partial charge on any atom is 0.0716 e. The molecule has 0 radical (unpaired) electrons. The molecule has 1 aromatic carbocycles. The first kappa shape index (κ1) is 19.4. The highest BCUT2D eigenvalue weighted by molar-refractivity contribution is 6.76. The van der Waals surface area contributed by atoms with Crippen LogP contribution >= 0.6 is 0 Å². The summed E-state index contributed by atoms with van der Waals surface area (Å²) in [6.07, 6.45) is 3.90. The summed E-state index contributed by atoms with van der Waals surface area (Å²) >= 11 is 0. The van der Waals surface area contributed by atoms with E-state index in [0.29, 0.717) is 5.92 Å². The van der Waals surface area contributed by atoms with Crippen LogP contribution in [0.3, 0.4) is 0 Å². The standard InChI is InChI=1S/C20H36OSi/c1-7-18(8-2)15-17(3)20-11-9-19(10-12-20)16-21-13-14-22(4,5)6/h9-12,17-18H,7-8,13-16H2,1-6H3. The van der Waals surface area contributed by atoms with E-state index in [-0.39, 0.29) is 0 Å². The van der Waals surface area contributed by atoms with Crippen molar-refractivity contribution in [2.45, 2.75) is 78.2 Å². The number of rotatable bonds is 10. The van der Waals surface area contributed by atoms with Gasteiger partial charge in [0.1, 0.15) is 0 Å². The van der Waals surface area contributed by atoms with Gasteiger partial charge in [0.15, 0.2) is 0 Å². The van der Waals surface area contributed by atoms with Crippen LogP contribution in [0.2, 0.25) is 25.7 Å². The van der Waals surface area contributed by atoms with Gasteiger partial charge >= 0.3 is 0 Å². The van der Waals surface area contributed by atoms with Crippen molar-refractivity contribution >= 4 is 8.07 Å². The minimum Gasteiger partial charge on any atom is -0.377 e. The van der Waals surface area contributed by atoms with E-state index in [0.717, 1.165) is 19.1 Å². The van der Waals surface area contributed by atoms with E-state index in [2.05, 4.69) is 64.7 Å². The lowest BCUT2D eigenvalue weighted by Gasteiger charge is -2.19. The molecule has 0 fully saturated rings. The van der Waals surface area contributed by atoms with Gasteiger partial charge in [0.05, 0.1) is 6.61 Å². The van der Waals surface area contributed by atoms with Crippen molar-refractivity contribution in [3.05, 3.63) is 35.4 Å². The van der Waals surface area contributed by atoms with Crippen LogP contribution < -0.4 is 0 Å².